The molecule has 3 atom stereocenters. The summed E-state index contributed by atoms with van der Waals surface area (Å²) in [6.45, 7) is 5.81. The van der Waals surface area contributed by atoms with E-state index in [9.17, 15) is 9.18 Å². The van der Waals surface area contributed by atoms with Crippen LogP contribution in [0.5, 0.6) is 0 Å². The maximum atomic E-state index is 12.8. The first-order valence-electron chi connectivity index (χ1n) is 6.27. The van der Waals surface area contributed by atoms with Gasteiger partial charge in [-0.25, -0.2) is 4.39 Å². The molecule has 1 rings (SSSR count). The third-order valence-corrected chi connectivity index (χ3v) is 3.29. The number of rotatable bonds is 5. The van der Waals surface area contributed by atoms with Crippen LogP contribution in [0.15, 0.2) is 24.3 Å². The van der Waals surface area contributed by atoms with Gasteiger partial charge in [-0.15, -0.1) is 0 Å². The van der Waals surface area contributed by atoms with Gasteiger partial charge in [0.05, 0.1) is 12.1 Å². The van der Waals surface area contributed by atoms with Crippen LogP contribution >= 0.6 is 0 Å². The number of hydrogen-bond donors (Lipinski definition) is 2. The Morgan fingerprint density at radius 2 is 1.89 bits per heavy atom. The minimum absolute atomic E-state index is 0.144. The molecule has 3 nitrogen and oxygen atoms in total. The molecule has 0 spiro atoms. The average Bonchev–Trinajstić information content (AvgIpc) is 2.37. The van der Waals surface area contributed by atoms with Gasteiger partial charge >= 0.3 is 0 Å². The second-order valence-corrected chi connectivity index (χ2v) is 4.69. The first-order chi connectivity index (χ1) is 8.45. The number of nitrogens with one attached hydrogen (secondary N) is 1. The molecule has 3 N–H and O–H groups in total. The van der Waals surface area contributed by atoms with Crippen molar-refractivity contribution in [2.24, 2.45) is 11.7 Å². The topological polar surface area (TPSA) is 55.1 Å². The molecule has 0 fully saturated rings. The Labute approximate surface area is 108 Å². The van der Waals surface area contributed by atoms with Gasteiger partial charge in [-0.3, -0.25) is 4.79 Å². The summed E-state index contributed by atoms with van der Waals surface area (Å²) in [7, 11) is 0. The highest BCUT2D eigenvalue weighted by atomic mass is 19.1. The summed E-state index contributed by atoms with van der Waals surface area (Å²) in [6.07, 6.45) is 0.861. The first kappa shape index (κ1) is 14.6. The molecule has 4 heteroatoms. The maximum Gasteiger partial charge on any atom is 0.237 e. The normalized spacial score (nSPS) is 15.8. The van der Waals surface area contributed by atoms with E-state index >= 15 is 0 Å². The second kappa shape index (κ2) is 6.50. The number of amides is 1. The van der Waals surface area contributed by atoms with Crippen LogP contribution in [0.25, 0.3) is 0 Å². The fourth-order valence-corrected chi connectivity index (χ4v) is 1.66. The first-order valence-corrected chi connectivity index (χ1v) is 6.27. The van der Waals surface area contributed by atoms with Gasteiger partial charge in [-0.05, 0) is 30.5 Å². The van der Waals surface area contributed by atoms with Crippen LogP contribution in [0.2, 0.25) is 0 Å². The van der Waals surface area contributed by atoms with Crippen LogP contribution in [-0.4, -0.2) is 11.9 Å². The molecule has 0 aliphatic rings. The van der Waals surface area contributed by atoms with Gasteiger partial charge in [0.25, 0.3) is 0 Å². The van der Waals surface area contributed by atoms with E-state index in [2.05, 4.69) is 5.32 Å². The molecular weight excluding hydrogens is 231 g/mol. The summed E-state index contributed by atoms with van der Waals surface area (Å²) < 4.78 is 12.8. The number of halogens is 1. The summed E-state index contributed by atoms with van der Waals surface area (Å²) in [5, 5.41) is 2.84. The van der Waals surface area contributed by atoms with E-state index in [0.29, 0.717) is 0 Å². The van der Waals surface area contributed by atoms with E-state index in [0.717, 1.165) is 12.0 Å². The molecule has 0 aromatic heterocycles. The lowest BCUT2D eigenvalue weighted by molar-refractivity contribution is -0.124. The Morgan fingerprint density at radius 3 is 2.39 bits per heavy atom. The lowest BCUT2D eigenvalue weighted by Gasteiger charge is -2.21. The highest BCUT2D eigenvalue weighted by molar-refractivity contribution is 5.82. The minimum Gasteiger partial charge on any atom is -0.348 e. The number of benzene rings is 1. The van der Waals surface area contributed by atoms with Gasteiger partial charge in [0.1, 0.15) is 5.82 Å². The molecule has 1 aromatic rings. The number of nitrogens with two attached hydrogens (primary N) is 1. The largest absolute Gasteiger partial charge is 0.348 e. The Balaban J connectivity index is 2.61. The van der Waals surface area contributed by atoms with Gasteiger partial charge in [-0.2, -0.15) is 0 Å². The molecule has 1 aromatic carbocycles. The number of hydrogen-bond acceptors (Lipinski definition) is 2. The second-order valence-electron chi connectivity index (χ2n) is 4.69. The standard InChI is InChI=1S/C14H21FN2O/c1-4-9(2)13(16)14(18)17-10(3)11-5-7-12(15)8-6-11/h5-10,13H,4,16H2,1-3H3,(H,17,18)/t9-,10?,13-/m0/s1. The van der Waals surface area contributed by atoms with Crippen LogP contribution < -0.4 is 11.1 Å². The Kier molecular flexibility index (Phi) is 5.28. The van der Waals surface area contributed by atoms with E-state index in [-0.39, 0.29) is 23.7 Å². The van der Waals surface area contributed by atoms with Gasteiger partial charge in [-0.1, -0.05) is 32.4 Å². The molecule has 18 heavy (non-hydrogen) atoms. The SMILES string of the molecule is CC[C@H](C)[C@H](N)C(=O)NC(C)c1ccc(F)cc1. The number of carbonyl (C=O) groups is 1. The average molecular weight is 252 g/mol. The molecule has 0 saturated carbocycles. The monoisotopic (exact) mass is 252 g/mol. The molecule has 0 aliphatic carbocycles. The molecule has 1 amide bonds. The van der Waals surface area contributed by atoms with E-state index in [1.54, 1.807) is 12.1 Å². The van der Waals surface area contributed by atoms with E-state index in [1.165, 1.54) is 12.1 Å². The summed E-state index contributed by atoms with van der Waals surface area (Å²) in [5.41, 5.74) is 6.71. The van der Waals surface area contributed by atoms with Crippen LogP contribution in [-0.2, 0) is 4.79 Å². The smallest absolute Gasteiger partial charge is 0.237 e. The quantitative estimate of drug-likeness (QED) is 0.845. The summed E-state index contributed by atoms with van der Waals surface area (Å²) in [6, 6.07) is 5.41. The molecule has 0 radical (unpaired) electrons. The van der Waals surface area contributed by atoms with Crippen molar-refractivity contribution in [3.63, 3.8) is 0 Å². The lowest BCUT2D eigenvalue weighted by atomic mass is 9.98. The summed E-state index contributed by atoms with van der Waals surface area (Å²) in [4.78, 5) is 11.9. The molecular formula is C14H21FN2O. The third kappa shape index (κ3) is 3.81. The van der Waals surface area contributed by atoms with Crippen molar-refractivity contribution in [2.75, 3.05) is 0 Å². The van der Waals surface area contributed by atoms with Crippen molar-refractivity contribution in [1.82, 2.24) is 5.32 Å². The third-order valence-electron chi connectivity index (χ3n) is 3.29. The van der Waals surface area contributed by atoms with Crippen molar-refractivity contribution in [3.05, 3.63) is 35.6 Å². The van der Waals surface area contributed by atoms with Gasteiger partial charge < -0.3 is 11.1 Å². The van der Waals surface area contributed by atoms with Crippen LogP contribution in [0, 0.1) is 11.7 Å². The fourth-order valence-electron chi connectivity index (χ4n) is 1.66. The Bertz CT molecular complexity index is 391. The van der Waals surface area contributed by atoms with Crippen molar-refractivity contribution in [2.45, 2.75) is 39.3 Å². The van der Waals surface area contributed by atoms with Crippen LogP contribution in [0.4, 0.5) is 4.39 Å². The molecule has 0 heterocycles. The van der Waals surface area contributed by atoms with Crippen molar-refractivity contribution in [1.29, 1.82) is 0 Å². The highest BCUT2D eigenvalue weighted by Gasteiger charge is 2.21. The predicted octanol–water partition coefficient (Wildman–Crippen LogP) is 2.38. The number of carbonyl (C=O) groups excluding carboxylic acids is 1. The van der Waals surface area contributed by atoms with Crippen molar-refractivity contribution in [3.8, 4) is 0 Å². The molecule has 1 unspecified atom stereocenters. The Morgan fingerprint density at radius 1 is 1.33 bits per heavy atom. The zero-order chi connectivity index (χ0) is 13.7. The van der Waals surface area contributed by atoms with E-state index in [1.807, 2.05) is 20.8 Å². The van der Waals surface area contributed by atoms with E-state index < -0.39 is 6.04 Å². The molecule has 100 valence electrons. The zero-order valence-electron chi connectivity index (χ0n) is 11.1. The highest BCUT2D eigenvalue weighted by Crippen LogP contribution is 2.14. The van der Waals surface area contributed by atoms with E-state index in [4.69, 9.17) is 5.73 Å². The van der Waals surface area contributed by atoms with Crippen LogP contribution in [0.3, 0.4) is 0 Å². The lowest BCUT2D eigenvalue weighted by Crippen LogP contribution is -2.45. The van der Waals surface area contributed by atoms with Gasteiger partial charge in [0, 0.05) is 0 Å². The molecule has 0 saturated heterocycles. The molecule has 0 bridgehead atoms. The van der Waals surface area contributed by atoms with Gasteiger partial charge in [0.15, 0.2) is 0 Å². The minimum atomic E-state index is -0.502. The van der Waals surface area contributed by atoms with Crippen LogP contribution in [0.1, 0.15) is 38.8 Å². The Hall–Kier alpha value is -1.42. The molecule has 0 aliphatic heterocycles. The van der Waals surface area contributed by atoms with Crippen molar-refractivity contribution < 1.29 is 9.18 Å². The zero-order valence-corrected chi connectivity index (χ0v) is 11.1. The van der Waals surface area contributed by atoms with Gasteiger partial charge in [0.2, 0.25) is 5.91 Å². The van der Waals surface area contributed by atoms with Crippen molar-refractivity contribution >= 4 is 5.91 Å². The predicted molar refractivity (Wildman–Crippen MR) is 70.4 cm³/mol. The fraction of sp³-hybridized carbons (Fsp3) is 0.500. The maximum absolute atomic E-state index is 12.8. The summed E-state index contributed by atoms with van der Waals surface area (Å²) >= 11 is 0. The summed E-state index contributed by atoms with van der Waals surface area (Å²) in [5.74, 6) is -0.305.